The number of alkyl halides is 3. The lowest BCUT2D eigenvalue weighted by molar-refractivity contribution is -0.274. The van der Waals surface area contributed by atoms with Crippen molar-refractivity contribution < 1.29 is 40.5 Å². The molecule has 2 aliphatic rings. The summed E-state index contributed by atoms with van der Waals surface area (Å²) < 4.78 is 75.5. The summed E-state index contributed by atoms with van der Waals surface area (Å²) in [6.45, 7) is 0.283. The number of benzene rings is 2. The van der Waals surface area contributed by atoms with Gasteiger partial charge in [-0.25, -0.2) is 0 Å². The number of nitrogens with zero attached hydrogens (tertiary/aromatic N) is 2. The van der Waals surface area contributed by atoms with Crippen molar-refractivity contribution in [2.45, 2.75) is 37.6 Å². The molecule has 2 saturated heterocycles. The molecule has 0 aliphatic carbocycles. The molecule has 37 heavy (non-hydrogen) atoms. The van der Waals surface area contributed by atoms with Crippen LogP contribution in [0.5, 0.6) is 5.75 Å². The van der Waals surface area contributed by atoms with Crippen LogP contribution in [0.3, 0.4) is 0 Å². The van der Waals surface area contributed by atoms with Crippen molar-refractivity contribution in [1.82, 2.24) is 4.31 Å². The van der Waals surface area contributed by atoms with Crippen LogP contribution < -0.4 is 15.4 Å². The average molecular weight is 542 g/mol. The van der Waals surface area contributed by atoms with Crippen molar-refractivity contribution in [3.8, 4) is 5.75 Å². The number of hydrogen-bond acceptors (Lipinski definition) is 6. The maximum absolute atomic E-state index is 14.1. The predicted octanol–water partition coefficient (Wildman–Crippen LogP) is 2.89. The zero-order valence-corrected chi connectivity index (χ0v) is 20.4. The number of hydrogen-bond donors (Lipinski definition) is 2. The number of carbonyl (C=O) groups excluding carboxylic acids is 2. The van der Waals surface area contributed by atoms with E-state index in [-0.39, 0.29) is 25.9 Å². The number of rotatable bonds is 7. The molecule has 4 rings (SSSR count). The SMILES string of the molecule is NC(=O)C(C(=O)C1N(c2ccc(OC(F)(F)F)cc2)CCC12CCN(S(=O)(=O)O)CC2)c1ccccc1. The van der Waals surface area contributed by atoms with Gasteiger partial charge in [0.25, 0.3) is 0 Å². The summed E-state index contributed by atoms with van der Waals surface area (Å²) in [4.78, 5) is 28.3. The van der Waals surface area contributed by atoms with Crippen molar-refractivity contribution in [2.24, 2.45) is 11.1 Å². The van der Waals surface area contributed by atoms with Crippen molar-refractivity contribution in [2.75, 3.05) is 24.5 Å². The Labute approximate surface area is 211 Å². The molecule has 2 atom stereocenters. The Balaban J connectivity index is 1.71. The van der Waals surface area contributed by atoms with Gasteiger partial charge in [0.05, 0.1) is 6.04 Å². The lowest BCUT2D eigenvalue weighted by Crippen LogP contribution is -2.54. The van der Waals surface area contributed by atoms with Gasteiger partial charge in [-0.15, -0.1) is 13.2 Å². The Morgan fingerprint density at radius 2 is 1.57 bits per heavy atom. The standard InChI is InChI=1S/C24H26F3N3O6S/c25-24(26,27)36-18-8-6-17(7-9-18)30-15-12-23(10-13-29(14-11-23)37(33,34)35)21(30)20(31)19(22(28)32)16-4-2-1-3-5-16/h1-9,19,21H,10-15H2,(H2,28,32)(H,33,34,35). The van der Waals surface area contributed by atoms with Crippen LogP contribution in [-0.4, -0.2) is 61.0 Å². The van der Waals surface area contributed by atoms with E-state index < -0.39 is 51.5 Å². The zero-order chi connectivity index (χ0) is 27.0. The third-order valence-electron chi connectivity index (χ3n) is 7.16. The maximum Gasteiger partial charge on any atom is 0.573 e. The average Bonchev–Trinajstić information content (AvgIpc) is 3.17. The van der Waals surface area contributed by atoms with Gasteiger partial charge in [-0.3, -0.25) is 14.1 Å². The Morgan fingerprint density at radius 1 is 1.00 bits per heavy atom. The fraction of sp³-hybridized carbons (Fsp3) is 0.417. The maximum atomic E-state index is 14.1. The topological polar surface area (TPSA) is 130 Å². The fourth-order valence-electron chi connectivity index (χ4n) is 5.47. The number of piperidine rings is 1. The Bertz CT molecular complexity index is 1250. The van der Waals surface area contributed by atoms with E-state index in [1.807, 2.05) is 0 Å². The largest absolute Gasteiger partial charge is 0.573 e. The molecule has 3 N–H and O–H groups in total. The molecule has 0 bridgehead atoms. The highest BCUT2D eigenvalue weighted by Gasteiger charge is 2.54. The molecule has 9 nitrogen and oxygen atoms in total. The van der Waals surface area contributed by atoms with Gasteiger partial charge in [-0.2, -0.15) is 12.7 Å². The molecule has 13 heteroatoms. The smallest absolute Gasteiger partial charge is 0.406 e. The van der Waals surface area contributed by atoms with Gasteiger partial charge in [0, 0.05) is 30.7 Å². The second-order valence-electron chi connectivity index (χ2n) is 9.28. The molecule has 0 aromatic heterocycles. The molecule has 2 aliphatic heterocycles. The van der Waals surface area contributed by atoms with Crippen LogP contribution in [0.2, 0.25) is 0 Å². The summed E-state index contributed by atoms with van der Waals surface area (Å²) in [5.41, 5.74) is 5.78. The minimum absolute atomic E-state index is 0.0264. The summed E-state index contributed by atoms with van der Waals surface area (Å²) in [6, 6.07) is 12.5. The first-order valence-corrected chi connectivity index (χ1v) is 12.9. The van der Waals surface area contributed by atoms with E-state index >= 15 is 0 Å². The minimum atomic E-state index is -4.86. The Morgan fingerprint density at radius 3 is 2.08 bits per heavy atom. The van der Waals surface area contributed by atoms with Gasteiger partial charge in [0.15, 0.2) is 5.78 Å². The van der Waals surface area contributed by atoms with Crippen molar-refractivity contribution in [1.29, 1.82) is 0 Å². The summed E-state index contributed by atoms with van der Waals surface area (Å²) in [5.74, 6) is -3.03. The van der Waals surface area contributed by atoms with Crippen LogP contribution >= 0.6 is 0 Å². The summed E-state index contributed by atoms with van der Waals surface area (Å²) in [6.07, 6.45) is -3.93. The van der Waals surface area contributed by atoms with Crippen LogP contribution in [0.1, 0.15) is 30.7 Å². The minimum Gasteiger partial charge on any atom is -0.406 e. The number of Topliss-reactive ketones (excluding diaryl/α,β-unsaturated/α-hetero) is 1. The second kappa shape index (κ2) is 9.95. The van der Waals surface area contributed by atoms with Crippen molar-refractivity contribution in [3.63, 3.8) is 0 Å². The van der Waals surface area contributed by atoms with Crippen molar-refractivity contribution >= 4 is 27.7 Å². The lowest BCUT2D eigenvalue weighted by atomic mass is 9.69. The quantitative estimate of drug-likeness (QED) is 0.407. The molecule has 2 aromatic carbocycles. The van der Waals surface area contributed by atoms with E-state index in [0.29, 0.717) is 24.2 Å². The molecule has 200 valence electrons. The molecule has 1 spiro atoms. The fourth-order valence-corrected chi connectivity index (χ4v) is 6.11. The number of ketones is 1. The molecular formula is C24H26F3N3O6S. The van der Waals surface area contributed by atoms with Gasteiger partial charge in [0.2, 0.25) is 5.91 Å². The van der Waals surface area contributed by atoms with E-state index in [9.17, 15) is 35.7 Å². The number of anilines is 1. The second-order valence-corrected chi connectivity index (χ2v) is 10.7. The number of nitrogens with two attached hydrogens (primary N) is 1. The molecule has 0 radical (unpaired) electrons. The first-order chi connectivity index (χ1) is 17.3. The monoisotopic (exact) mass is 541 g/mol. The summed E-state index contributed by atoms with van der Waals surface area (Å²) in [5, 5.41) is 0. The third-order valence-corrected chi connectivity index (χ3v) is 8.18. The highest BCUT2D eigenvalue weighted by molar-refractivity contribution is 7.83. The van der Waals surface area contributed by atoms with Crippen LogP contribution in [0.15, 0.2) is 54.6 Å². The first-order valence-electron chi connectivity index (χ1n) is 11.5. The summed E-state index contributed by atoms with van der Waals surface area (Å²) in [7, 11) is -4.41. The van der Waals surface area contributed by atoms with E-state index in [1.165, 1.54) is 12.1 Å². The lowest BCUT2D eigenvalue weighted by Gasteiger charge is -2.43. The number of amides is 1. The Kier molecular flexibility index (Phi) is 7.23. The molecule has 2 heterocycles. The molecule has 0 saturated carbocycles. The summed E-state index contributed by atoms with van der Waals surface area (Å²) >= 11 is 0. The van der Waals surface area contributed by atoms with Crippen LogP contribution in [-0.2, 0) is 19.9 Å². The van der Waals surface area contributed by atoms with E-state index in [0.717, 1.165) is 16.4 Å². The van der Waals surface area contributed by atoms with Crippen LogP contribution in [0.25, 0.3) is 0 Å². The van der Waals surface area contributed by atoms with Gasteiger partial charge in [-0.05, 0) is 49.1 Å². The molecule has 2 aromatic rings. The van der Waals surface area contributed by atoms with E-state index in [1.54, 1.807) is 35.2 Å². The number of primary amides is 1. The molecule has 1 amide bonds. The number of halogens is 3. The van der Waals surface area contributed by atoms with Crippen LogP contribution in [0, 0.1) is 5.41 Å². The number of carbonyl (C=O) groups is 2. The predicted molar refractivity (Wildman–Crippen MR) is 127 cm³/mol. The highest BCUT2D eigenvalue weighted by Crippen LogP contribution is 2.49. The van der Waals surface area contributed by atoms with Crippen LogP contribution in [0.4, 0.5) is 18.9 Å². The molecule has 2 unspecified atom stereocenters. The normalized spacial score (nSPS) is 21.1. The van der Waals surface area contributed by atoms with Gasteiger partial charge in [-0.1, -0.05) is 30.3 Å². The third kappa shape index (κ3) is 5.73. The zero-order valence-electron chi connectivity index (χ0n) is 19.6. The number of ether oxygens (including phenoxy) is 1. The Hall–Kier alpha value is -3.16. The van der Waals surface area contributed by atoms with E-state index in [2.05, 4.69) is 4.74 Å². The first kappa shape index (κ1) is 26.9. The van der Waals surface area contributed by atoms with E-state index in [4.69, 9.17) is 5.73 Å². The van der Waals surface area contributed by atoms with Crippen molar-refractivity contribution in [3.05, 3.63) is 60.2 Å². The van der Waals surface area contributed by atoms with Gasteiger partial charge in [0.1, 0.15) is 11.7 Å². The van der Waals surface area contributed by atoms with Gasteiger partial charge < -0.3 is 15.4 Å². The molecule has 2 fully saturated rings. The molecular weight excluding hydrogens is 515 g/mol. The highest BCUT2D eigenvalue weighted by atomic mass is 32.2. The van der Waals surface area contributed by atoms with Gasteiger partial charge >= 0.3 is 16.7 Å².